The minimum absolute atomic E-state index is 0.409. The fourth-order valence-corrected chi connectivity index (χ4v) is 2.73. The molecular formula is C19H30N2O2. The molecule has 1 aromatic carbocycles. The largest absolute Gasteiger partial charge is 0.497 e. The number of benzene rings is 1. The number of ether oxygens (including phenoxy) is 2. The zero-order valence-corrected chi connectivity index (χ0v) is 14.7. The fraction of sp³-hybridized carbons (Fsp3) is 0.579. The van der Waals surface area contributed by atoms with Crippen LogP contribution >= 0.6 is 0 Å². The van der Waals surface area contributed by atoms with E-state index in [4.69, 9.17) is 9.47 Å². The Labute approximate surface area is 140 Å². The molecule has 2 rings (SSSR count). The van der Waals surface area contributed by atoms with Crippen LogP contribution in [0, 0.1) is 0 Å². The van der Waals surface area contributed by atoms with E-state index in [9.17, 15) is 0 Å². The standard InChI is InChI=1S/C19H30N2O2/c1-20(2)13-14-21(16-19-7-5-15-23-19)12-4-6-17-8-10-18(22-3)11-9-17/h4,6,8-11,19H,5,7,12-16H2,1-3H3/b6-4+/t19-/m1/s1. The number of methoxy groups -OCH3 is 1. The lowest BCUT2D eigenvalue weighted by molar-refractivity contribution is 0.0749. The average Bonchev–Trinajstić information content (AvgIpc) is 3.06. The summed E-state index contributed by atoms with van der Waals surface area (Å²) in [6.07, 6.45) is 7.23. The van der Waals surface area contributed by atoms with E-state index in [0.717, 1.165) is 38.5 Å². The molecule has 4 nitrogen and oxygen atoms in total. The number of hydrogen-bond acceptors (Lipinski definition) is 4. The van der Waals surface area contributed by atoms with E-state index in [0.29, 0.717) is 6.10 Å². The summed E-state index contributed by atoms with van der Waals surface area (Å²) in [5.41, 5.74) is 1.20. The molecule has 0 radical (unpaired) electrons. The maximum atomic E-state index is 5.79. The van der Waals surface area contributed by atoms with Gasteiger partial charge in [0, 0.05) is 32.8 Å². The molecule has 128 valence electrons. The van der Waals surface area contributed by atoms with Crippen LogP contribution in [0.1, 0.15) is 18.4 Å². The fourth-order valence-electron chi connectivity index (χ4n) is 2.73. The molecule has 1 heterocycles. The number of nitrogens with zero attached hydrogens (tertiary/aromatic N) is 2. The smallest absolute Gasteiger partial charge is 0.118 e. The van der Waals surface area contributed by atoms with Crippen molar-refractivity contribution >= 4 is 6.08 Å². The molecule has 0 aromatic heterocycles. The van der Waals surface area contributed by atoms with Crippen molar-refractivity contribution in [3.8, 4) is 5.75 Å². The second-order valence-electron chi connectivity index (χ2n) is 6.37. The van der Waals surface area contributed by atoms with Crippen molar-refractivity contribution in [3.63, 3.8) is 0 Å². The average molecular weight is 318 g/mol. The summed E-state index contributed by atoms with van der Waals surface area (Å²) in [4.78, 5) is 4.71. The van der Waals surface area contributed by atoms with Crippen molar-refractivity contribution in [2.24, 2.45) is 0 Å². The number of hydrogen-bond donors (Lipinski definition) is 0. The zero-order chi connectivity index (χ0) is 16.5. The quantitative estimate of drug-likeness (QED) is 0.699. The summed E-state index contributed by atoms with van der Waals surface area (Å²) in [6, 6.07) is 8.16. The Bertz CT molecular complexity index is 465. The first kappa shape index (κ1) is 18.0. The summed E-state index contributed by atoms with van der Waals surface area (Å²) in [5, 5.41) is 0. The van der Waals surface area contributed by atoms with Crippen LogP contribution in [0.4, 0.5) is 0 Å². The highest BCUT2D eigenvalue weighted by molar-refractivity contribution is 5.50. The zero-order valence-electron chi connectivity index (χ0n) is 14.7. The first-order valence-electron chi connectivity index (χ1n) is 8.46. The van der Waals surface area contributed by atoms with Gasteiger partial charge in [0.25, 0.3) is 0 Å². The lowest BCUT2D eigenvalue weighted by Gasteiger charge is -2.25. The lowest BCUT2D eigenvalue weighted by atomic mass is 10.2. The van der Waals surface area contributed by atoms with Crippen molar-refractivity contribution in [2.45, 2.75) is 18.9 Å². The van der Waals surface area contributed by atoms with Crippen molar-refractivity contribution in [1.82, 2.24) is 9.80 Å². The second-order valence-corrected chi connectivity index (χ2v) is 6.37. The molecule has 0 saturated carbocycles. The highest BCUT2D eigenvalue weighted by Gasteiger charge is 2.18. The third-order valence-corrected chi connectivity index (χ3v) is 4.14. The molecule has 1 aliphatic heterocycles. The van der Waals surface area contributed by atoms with Gasteiger partial charge in [0.15, 0.2) is 0 Å². The first-order valence-corrected chi connectivity index (χ1v) is 8.46. The van der Waals surface area contributed by atoms with Gasteiger partial charge >= 0.3 is 0 Å². The van der Waals surface area contributed by atoms with Crippen LogP contribution in [0.25, 0.3) is 6.08 Å². The molecule has 1 atom stereocenters. The van der Waals surface area contributed by atoms with Crippen LogP contribution in [-0.4, -0.2) is 69.9 Å². The van der Waals surface area contributed by atoms with Crippen LogP contribution < -0.4 is 4.74 Å². The van der Waals surface area contributed by atoms with Crippen molar-refractivity contribution in [2.75, 3.05) is 54.0 Å². The molecule has 1 aromatic rings. The highest BCUT2D eigenvalue weighted by atomic mass is 16.5. The Hall–Kier alpha value is -1.36. The minimum atomic E-state index is 0.409. The van der Waals surface area contributed by atoms with E-state index in [1.165, 1.54) is 18.4 Å². The van der Waals surface area contributed by atoms with Crippen molar-refractivity contribution in [3.05, 3.63) is 35.9 Å². The van der Waals surface area contributed by atoms with Crippen LogP contribution in [-0.2, 0) is 4.74 Å². The molecular weight excluding hydrogens is 288 g/mol. The topological polar surface area (TPSA) is 24.9 Å². The second kappa shape index (κ2) is 9.71. The molecule has 1 saturated heterocycles. The van der Waals surface area contributed by atoms with Crippen molar-refractivity contribution in [1.29, 1.82) is 0 Å². The van der Waals surface area contributed by atoms with E-state index in [2.05, 4.69) is 48.2 Å². The molecule has 1 fully saturated rings. The third kappa shape index (κ3) is 6.73. The molecule has 4 heteroatoms. The maximum absolute atomic E-state index is 5.79. The normalized spacial score (nSPS) is 18.4. The molecule has 0 bridgehead atoms. The van der Waals surface area contributed by atoms with Crippen LogP contribution in [0.3, 0.4) is 0 Å². The van der Waals surface area contributed by atoms with Gasteiger partial charge in [-0.25, -0.2) is 0 Å². The predicted octanol–water partition coefficient (Wildman–Crippen LogP) is 2.75. The van der Waals surface area contributed by atoms with E-state index in [1.807, 2.05) is 12.1 Å². The van der Waals surface area contributed by atoms with Gasteiger partial charge in [-0.3, -0.25) is 4.90 Å². The van der Waals surface area contributed by atoms with Gasteiger partial charge in [-0.1, -0.05) is 24.3 Å². The van der Waals surface area contributed by atoms with Crippen LogP contribution in [0.5, 0.6) is 5.75 Å². The van der Waals surface area contributed by atoms with E-state index < -0.39 is 0 Å². The Balaban J connectivity index is 1.85. The summed E-state index contributed by atoms with van der Waals surface area (Å²) >= 11 is 0. The SMILES string of the molecule is COc1ccc(/C=C/CN(CCN(C)C)C[C@H]2CCCO2)cc1. The van der Waals surface area contributed by atoms with Gasteiger partial charge in [0.1, 0.15) is 5.75 Å². The third-order valence-electron chi connectivity index (χ3n) is 4.14. The van der Waals surface area contributed by atoms with E-state index >= 15 is 0 Å². The van der Waals surface area contributed by atoms with Gasteiger partial charge in [0.2, 0.25) is 0 Å². The summed E-state index contributed by atoms with van der Waals surface area (Å²) in [5.74, 6) is 0.896. The van der Waals surface area contributed by atoms with E-state index in [-0.39, 0.29) is 0 Å². The summed E-state index contributed by atoms with van der Waals surface area (Å²) in [6.45, 7) is 5.05. The Kier molecular flexibility index (Phi) is 7.59. The monoisotopic (exact) mass is 318 g/mol. The minimum Gasteiger partial charge on any atom is -0.497 e. The predicted molar refractivity (Wildman–Crippen MR) is 96.0 cm³/mol. The highest BCUT2D eigenvalue weighted by Crippen LogP contribution is 2.14. The number of rotatable bonds is 9. The first-order chi connectivity index (χ1) is 11.2. The van der Waals surface area contributed by atoms with Crippen LogP contribution in [0.2, 0.25) is 0 Å². The van der Waals surface area contributed by atoms with Gasteiger partial charge in [-0.05, 0) is 44.6 Å². The van der Waals surface area contributed by atoms with Gasteiger partial charge in [0.05, 0.1) is 13.2 Å². The lowest BCUT2D eigenvalue weighted by Crippen LogP contribution is -2.37. The van der Waals surface area contributed by atoms with Gasteiger partial charge < -0.3 is 14.4 Å². The number of likely N-dealkylation sites (N-methyl/N-ethyl adjacent to an activating group) is 1. The Morgan fingerprint density at radius 2 is 2.00 bits per heavy atom. The van der Waals surface area contributed by atoms with Crippen molar-refractivity contribution < 1.29 is 9.47 Å². The summed E-state index contributed by atoms with van der Waals surface area (Å²) < 4.78 is 11.0. The van der Waals surface area contributed by atoms with E-state index in [1.54, 1.807) is 7.11 Å². The molecule has 0 amide bonds. The molecule has 0 spiro atoms. The molecule has 23 heavy (non-hydrogen) atoms. The molecule has 0 N–H and O–H groups in total. The molecule has 0 unspecified atom stereocenters. The van der Waals surface area contributed by atoms with Gasteiger partial charge in [-0.2, -0.15) is 0 Å². The molecule has 1 aliphatic rings. The summed E-state index contributed by atoms with van der Waals surface area (Å²) in [7, 11) is 5.94. The Morgan fingerprint density at radius 1 is 1.22 bits per heavy atom. The maximum Gasteiger partial charge on any atom is 0.118 e. The van der Waals surface area contributed by atoms with Crippen LogP contribution in [0.15, 0.2) is 30.3 Å². The Morgan fingerprint density at radius 3 is 2.61 bits per heavy atom. The molecule has 0 aliphatic carbocycles. The van der Waals surface area contributed by atoms with Gasteiger partial charge in [-0.15, -0.1) is 0 Å².